The summed E-state index contributed by atoms with van der Waals surface area (Å²) in [5.74, 6) is 1.20. The molecule has 11 heteroatoms. The van der Waals surface area contributed by atoms with E-state index in [-0.39, 0.29) is 24.4 Å². The van der Waals surface area contributed by atoms with Crippen LogP contribution < -0.4 is 11.1 Å². The number of halogens is 3. The molecule has 0 bridgehead atoms. The number of nitrogens with two attached hydrogens (primary N) is 1. The molecule has 8 nitrogen and oxygen atoms in total. The van der Waals surface area contributed by atoms with Crippen LogP contribution in [0.25, 0.3) is 5.65 Å². The Bertz CT molecular complexity index is 1240. The summed E-state index contributed by atoms with van der Waals surface area (Å²) in [6, 6.07) is 1.95. The minimum atomic E-state index is -4.51. The first-order valence-electron chi connectivity index (χ1n) is 10.5. The Labute approximate surface area is 188 Å². The van der Waals surface area contributed by atoms with E-state index in [1.807, 2.05) is 11.3 Å². The average molecular weight is 462 g/mol. The second-order valence-electron chi connectivity index (χ2n) is 8.09. The van der Waals surface area contributed by atoms with Gasteiger partial charge in [0.2, 0.25) is 0 Å². The van der Waals surface area contributed by atoms with Crippen LogP contribution in [0.3, 0.4) is 0 Å². The Balaban J connectivity index is 1.75. The molecular formula is C22H25F3N6O2. The maximum atomic E-state index is 13.5. The highest BCUT2D eigenvalue weighted by atomic mass is 19.4. The van der Waals surface area contributed by atoms with Gasteiger partial charge in [0, 0.05) is 11.3 Å². The molecule has 1 aliphatic heterocycles. The molecule has 3 N–H and O–H groups in total. The van der Waals surface area contributed by atoms with Crippen molar-refractivity contribution in [2.75, 3.05) is 17.7 Å². The summed E-state index contributed by atoms with van der Waals surface area (Å²) in [6.45, 7) is 7.57. The Morgan fingerprint density at radius 2 is 2.03 bits per heavy atom. The van der Waals surface area contributed by atoms with Crippen molar-refractivity contribution in [3.05, 3.63) is 52.1 Å². The van der Waals surface area contributed by atoms with Crippen molar-refractivity contribution >= 4 is 23.2 Å². The first-order chi connectivity index (χ1) is 15.5. The highest BCUT2D eigenvalue weighted by molar-refractivity contribution is 5.70. The van der Waals surface area contributed by atoms with Crippen LogP contribution in [0.15, 0.2) is 18.3 Å². The number of hydrogen-bond donors (Lipinski definition) is 2. The van der Waals surface area contributed by atoms with E-state index in [0.717, 1.165) is 23.1 Å². The fourth-order valence-electron chi connectivity index (χ4n) is 4.31. The Morgan fingerprint density at radius 3 is 2.70 bits per heavy atom. The number of rotatable bonds is 4. The third-order valence-corrected chi connectivity index (χ3v) is 5.86. The molecule has 0 spiro atoms. The van der Waals surface area contributed by atoms with Crippen LogP contribution in [0.4, 0.5) is 29.5 Å². The largest absolute Gasteiger partial charge is 0.450 e. The van der Waals surface area contributed by atoms with Crippen molar-refractivity contribution < 1.29 is 22.7 Å². The summed E-state index contributed by atoms with van der Waals surface area (Å²) in [5, 5.41) is 3.24. The number of ether oxygens (including phenoxy) is 1. The third-order valence-electron chi connectivity index (χ3n) is 5.86. The molecule has 3 aromatic rings. The Morgan fingerprint density at radius 1 is 1.30 bits per heavy atom. The molecule has 0 saturated carbocycles. The number of amides is 1. The molecule has 1 amide bonds. The normalized spacial score (nSPS) is 14.5. The third kappa shape index (κ3) is 4.03. The predicted molar refractivity (Wildman–Crippen MR) is 117 cm³/mol. The van der Waals surface area contributed by atoms with Crippen molar-refractivity contribution in [2.24, 2.45) is 0 Å². The van der Waals surface area contributed by atoms with E-state index in [4.69, 9.17) is 10.5 Å². The molecule has 1 aliphatic rings. The Hall–Kier alpha value is -3.50. The minimum absolute atomic E-state index is 0.0325. The number of nitrogen functional groups attached to an aromatic ring is 1. The van der Waals surface area contributed by atoms with E-state index >= 15 is 0 Å². The summed E-state index contributed by atoms with van der Waals surface area (Å²) in [5.41, 5.74) is 7.75. The van der Waals surface area contributed by atoms with E-state index in [9.17, 15) is 18.0 Å². The smallest absolute Gasteiger partial charge is 0.416 e. The summed E-state index contributed by atoms with van der Waals surface area (Å²) in [4.78, 5) is 22.9. The number of anilines is 2. The molecule has 1 atom stereocenters. The minimum Gasteiger partial charge on any atom is -0.450 e. The zero-order valence-electron chi connectivity index (χ0n) is 18.7. The maximum Gasteiger partial charge on any atom is 0.416 e. The number of nitrogens with one attached hydrogen (secondary N) is 1. The lowest BCUT2D eigenvalue weighted by molar-refractivity contribution is -0.138. The van der Waals surface area contributed by atoms with Gasteiger partial charge in [-0.15, -0.1) is 0 Å². The molecule has 3 heterocycles. The van der Waals surface area contributed by atoms with E-state index < -0.39 is 23.9 Å². The number of fused-ring (bicyclic) bond motifs is 3. The molecule has 33 heavy (non-hydrogen) atoms. The summed E-state index contributed by atoms with van der Waals surface area (Å²) >= 11 is 0. The van der Waals surface area contributed by atoms with Crippen LogP contribution in [0.2, 0.25) is 0 Å². The first-order valence-corrected chi connectivity index (χ1v) is 10.5. The molecular weight excluding hydrogens is 437 g/mol. The van der Waals surface area contributed by atoms with Crippen LogP contribution >= 0.6 is 0 Å². The van der Waals surface area contributed by atoms with E-state index in [1.54, 1.807) is 24.9 Å². The number of imidazole rings is 1. The zero-order valence-corrected chi connectivity index (χ0v) is 18.7. The summed E-state index contributed by atoms with van der Waals surface area (Å²) < 4.78 is 47.5. The van der Waals surface area contributed by atoms with Gasteiger partial charge in [-0.3, -0.25) is 9.30 Å². The zero-order chi connectivity index (χ0) is 24.1. The topological polar surface area (TPSA) is 97.8 Å². The van der Waals surface area contributed by atoms with Gasteiger partial charge in [-0.2, -0.15) is 13.2 Å². The van der Waals surface area contributed by atoms with E-state index in [0.29, 0.717) is 23.6 Å². The number of aryl methyl sites for hydroxylation is 1. The van der Waals surface area contributed by atoms with Gasteiger partial charge in [-0.25, -0.2) is 14.8 Å². The lowest BCUT2D eigenvalue weighted by Crippen LogP contribution is -2.26. The van der Waals surface area contributed by atoms with Crippen LogP contribution in [0, 0.1) is 13.8 Å². The number of alkyl halides is 3. The second kappa shape index (κ2) is 8.13. The quantitative estimate of drug-likeness (QED) is 0.551. The second-order valence-corrected chi connectivity index (χ2v) is 8.09. The average Bonchev–Trinajstić information content (AvgIpc) is 3.33. The van der Waals surface area contributed by atoms with Gasteiger partial charge in [0.1, 0.15) is 11.6 Å². The summed E-state index contributed by atoms with van der Waals surface area (Å²) in [7, 11) is 0. The van der Waals surface area contributed by atoms with Crippen LogP contribution in [-0.4, -0.2) is 32.0 Å². The fourth-order valence-corrected chi connectivity index (χ4v) is 4.31. The molecule has 4 rings (SSSR count). The van der Waals surface area contributed by atoms with Gasteiger partial charge >= 0.3 is 12.3 Å². The van der Waals surface area contributed by atoms with Crippen molar-refractivity contribution in [3.63, 3.8) is 0 Å². The van der Waals surface area contributed by atoms with Crippen molar-refractivity contribution in [2.45, 2.75) is 53.0 Å². The molecule has 0 fully saturated rings. The number of hydrogen-bond acceptors (Lipinski definition) is 6. The molecule has 2 aromatic heterocycles. The lowest BCUT2D eigenvalue weighted by Gasteiger charge is -2.22. The number of carbonyl (C=O) groups excluding carboxylic acids is 1. The van der Waals surface area contributed by atoms with E-state index in [1.165, 1.54) is 13.0 Å². The van der Waals surface area contributed by atoms with Gasteiger partial charge in [0.15, 0.2) is 5.65 Å². The molecule has 0 aliphatic carbocycles. The number of nitrogens with zero attached hydrogens (tertiary/aromatic N) is 4. The number of carbonyl (C=O) groups is 1. The van der Waals surface area contributed by atoms with Crippen molar-refractivity contribution in [3.8, 4) is 0 Å². The predicted octanol–water partition coefficient (Wildman–Crippen LogP) is 4.59. The lowest BCUT2D eigenvalue weighted by atomic mass is 9.96. The summed E-state index contributed by atoms with van der Waals surface area (Å²) in [6.07, 6.45) is -3.34. The van der Waals surface area contributed by atoms with Gasteiger partial charge < -0.3 is 15.8 Å². The van der Waals surface area contributed by atoms with Gasteiger partial charge in [-0.1, -0.05) is 0 Å². The molecule has 0 saturated heterocycles. The highest BCUT2D eigenvalue weighted by Crippen LogP contribution is 2.38. The standard InChI is InChI=1S/C22H25F3N6O2/c1-5-33-21(32)30-9-16-18(10-30)31-13(4)27-8-19(31)29-20(16)28-12(3)15-6-14(26)7-17(11(15)2)22(23,24)25/h6-8,12H,5,9-10,26H2,1-4H3,(H,28,29)/t12-/m1/s1. The van der Waals surface area contributed by atoms with Gasteiger partial charge in [0.25, 0.3) is 0 Å². The van der Waals surface area contributed by atoms with Crippen LogP contribution in [0.5, 0.6) is 0 Å². The van der Waals surface area contributed by atoms with Gasteiger partial charge in [-0.05, 0) is 51.0 Å². The SMILES string of the molecule is CCOC(=O)N1Cc2c(N[C@H](C)c3cc(N)cc(C(F)(F)F)c3C)nc3cnc(C)n3c2C1. The van der Waals surface area contributed by atoms with Crippen LogP contribution in [-0.2, 0) is 24.0 Å². The van der Waals surface area contributed by atoms with Gasteiger partial charge in [0.05, 0.1) is 43.2 Å². The van der Waals surface area contributed by atoms with Crippen molar-refractivity contribution in [1.82, 2.24) is 19.3 Å². The molecule has 1 aromatic carbocycles. The Kier molecular flexibility index (Phi) is 5.59. The maximum absolute atomic E-state index is 13.5. The van der Waals surface area contributed by atoms with E-state index in [2.05, 4.69) is 15.3 Å². The molecule has 0 radical (unpaired) electrons. The van der Waals surface area contributed by atoms with Crippen molar-refractivity contribution in [1.29, 1.82) is 0 Å². The monoisotopic (exact) mass is 462 g/mol. The highest BCUT2D eigenvalue weighted by Gasteiger charge is 2.35. The number of aromatic nitrogens is 3. The molecule has 176 valence electrons. The first kappa shape index (κ1) is 22.7. The molecule has 0 unspecified atom stereocenters. The number of benzene rings is 1. The fraction of sp³-hybridized carbons (Fsp3) is 0.409. The van der Waals surface area contributed by atoms with Crippen LogP contribution in [0.1, 0.15) is 53.7 Å².